The van der Waals surface area contributed by atoms with Gasteiger partial charge in [0, 0.05) is 29.7 Å². The molecule has 1 aromatic carbocycles. The van der Waals surface area contributed by atoms with E-state index in [2.05, 4.69) is 40.7 Å². The first-order chi connectivity index (χ1) is 14.2. The second-order valence-electron chi connectivity index (χ2n) is 8.27. The monoisotopic (exact) mass is 408 g/mol. The van der Waals surface area contributed by atoms with E-state index in [0.717, 1.165) is 30.5 Å². The lowest BCUT2D eigenvalue weighted by Crippen LogP contribution is -2.36. The van der Waals surface area contributed by atoms with Crippen molar-refractivity contribution < 1.29 is 9.53 Å². The Morgan fingerprint density at radius 1 is 1.20 bits per heavy atom. The molecule has 2 aromatic rings. The lowest BCUT2D eigenvalue weighted by atomic mass is 9.88. The van der Waals surface area contributed by atoms with Gasteiger partial charge in [0.05, 0.1) is 16.9 Å². The Hall–Kier alpha value is -3.02. The highest BCUT2D eigenvalue weighted by Crippen LogP contribution is 2.33. The number of carbonyl (C=O) groups is 1. The summed E-state index contributed by atoms with van der Waals surface area (Å²) in [7, 11) is 0. The minimum atomic E-state index is -0.567. The molecule has 1 aromatic heterocycles. The summed E-state index contributed by atoms with van der Waals surface area (Å²) in [6, 6.07) is 5.41. The van der Waals surface area contributed by atoms with Gasteiger partial charge in [-0.2, -0.15) is 0 Å². The Morgan fingerprint density at radius 3 is 2.43 bits per heavy atom. The van der Waals surface area contributed by atoms with Crippen LogP contribution in [0, 0.1) is 0 Å². The minimum Gasteiger partial charge on any atom is -0.456 e. The second kappa shape index (κ2) is 10.1. The number of benzene rings is 1. The summed E-state index contributed by atoms with van der Waals surface area (Å²) < 4.78 is 5.52. The summed E-state index contributed by atoms with van der Waals surface area (Å²) >= 11 is 0. The van der Waals surface area contributed by atoms with E-state index in [9.17, 15) is 4.79 Å². The first-order valence-corrected chi connectivity index (χ1v) is 10.3. The van der Waals surface area contributed by atoms with Gasteiger partial charge < -0.3 is 10.1 Å². The molecule has 6 heteroatoms. The SMILES string of the molecule is C=CCC(CC)(CC)Nc1ccc(C(=O)OC(C)(C)C)cc1/N=C\c1cncnc1. The van der Waals surface area contributed by atoms with Gasteiger partial charge in [0.15, 0.2) is 0 Å². The number of aliphatic imine (C=N–C) groups is 1. The Morgan fingerprint density at radius 2 is 1.87 bits per heavy atom. The first-order valence-electron chi connectivity index (χ1n) is 10.3. The molecular formula is C24H32N4O2. The van der Waals surface area contributed by atoms with Crippen LogP contribution in [0.5, 0.6) is 0 Å². The van der Waals surface area contributed by atoms with E-state index >= 15 is 0 Å². The van der Waals surface area contributed by atoms with Gasteiger partial charge in [-0.25, -0.2) is 14.8 Å². The molecule has 0 aliphatic rings. The third kappa shape index (κ3) is 6.51. The van der Waals surface area contributed by atoms with Crippen molar-refractivity contribution in [1.29, 1.82) is 0 Å². The van der Waals surface area contributed by atoms with Crippen molar-refractivity contribution in [3.05, 3.63) is 60.7 Å². The zero-order valence-corrected chi connectivity index (χ0v) is 18.6. The number of nitrogens with one attached hydrogen (secondary N) is 1. The minimum absolute atomic E-state index is 0.130. The third-order valence-electron chi connectivity index (χ3n) is 4.85. The summed E-state index contributed by atoms with van der Waals surface area (Å²) in [6.45, 7) is 13.8. The standard InChI is InChI=1S/C24H32N4O2/c1-7-12-24(8-2,9-3)28-20-11-10-19(22(29)30-23(4,5)6)13-21(20)27-16-18-14-25-17-26-15-18/h7,10-11,13-17,28H,1,8-9,12H2,2-6H3/b27-16-. The number of esters is 1. The quantitative estimate of drug-likeness (QED) is 0.326. The van der Waals surface area contributed by atoms with Crippen molar-refractivity contribution in [3.63, 3.8) is 0 Å². The highest BCUT2D eigenvalue weighted by molar-refractivity contribution is 5.93. The molecule has 0 spiro atoms. The van der Waals surface area contributed by atoms with Gasteiger partial charge in [0.2, 0.25) is 0 Å². The number of hydrogen-bond donors (Lipinski definition) is 1. The Labute approximate surface area is 179 Å². The molecule has 30 heavy (non-hydrogen) atoms. The van der Waals surface area contributed by atoms with Crippen LogP contribution in [-0.4, -0.2) is 33.3 Å². The fraction of sp³-hybridized carbons (Fsp3) is 0.417. The number of rotatable bonds is 9. The van der Waals surface area contributed by atoms with Crippen LogP contribution in [0.1, 0.15) is 69.8 Å². The van der Waals surface area contributed by atoms with Gasteiger partial charge in [-0.15, -0.1) is 6.58 Å². The normalized spacial score (nSPS) is 12.0. The lowest BCUT2D eigenvalue weighted by Gasteiger charge is -2.33. The second-order valence-corrected chi connectivity index (χ2v) is 8.27. The van der Waals surface area contributed by atoms with Crippen molar-refractivity contribution in [1.82, 2.24) is 9.97 Å². The van der Waals surface area contributed by atoms with Crippen LogP contribution in [0.15, 0.2) is 54.6 Å². The fourth-order valence-electron chi connectivity index (χ4n) is 3.06. The molecule has 0 amide bonds. The molecule has 0 aliphatic carbocycles. The van der Waals surface area contributed by atoms with Gasteiger partial charge >= 0.3 is 5.97 Å². The highest BCUT2D eigenvalue weighted by Gasteiger charge is 2.26. The van der Waals surface area contributed by atoms with Crippen molar-refractivity contribution >= 4 is 23.6 Å². The topological polar surface area (TPSA) is 76.5 Å². The van der Waals surface area contributed by atoms with E-state index < -0.39 is 5.60 Å². The van der Waals surface area contributed by atoms with Crippen molar-refractivity contribution in [2.45, 2.75) is 65.0 Å². The van der Waals surface area contributed by atoms with Crippen molar-refractivity contribution in [2.75, 3.05) is 5.32 Å². The van der Waals surface area contributed by atoms with Crippen LogP contribution in [0.2, 0.25) is 0 Å². The molecule has 2 rings (SSSR count). The lowest BCUT2D eigenvalue weighted by molar-refractivity contribution is 0.00696. The van der Waals surface area contributed by atoms with Gasteiger partial charge in [-0.1, -0.05) is 19.9 Å². The zero-order chi connectivity index (χ0) is 22.2. The van der Waals surface area contributed by atoms with Crippen LogP contribution in [0.25, 0.3) is 0 Å². The molecule has 0 saturated carbocycles. The molecule has 0 aliphatic heterocycles. The van der Waals surface area contributed by atoms with Gasteiger partial charge in [0.25, 0.3) is 0 Å². The third-order valence-corrected chi connectivity index (χ3v) is 4.85. The molecule has 0 radical (unpaired) electrons. The molecule has 1 heterocycles. The van der Waals surface area contributed by atoms with Crippen LogP contribution in [-0.2, 0) is 4.74 Å². The van der Waals surface area contributed by atoms with Gasteiger partial charge in [-0.05, 0) is 58.2 Å². The molecule has 0 atom stereocenters. The number of anilines is 1. The van der Waals surface area contributed by atoms with Crippen LogP contribution in [0.4, 0.5) is 11.4 Å². The number of aromatic nitrogens is 2. The first kappa shape index (κ1) is 23.3. The smallest absolute Gasteiger partial charge is 0.338 e. The van der Waals surface area contributed by atoms with Gasteiger partial charge in [-0.3, -0.25) is 4.99 Å². The van der Waals surface area contributed by atoms with Crippen LogP contribution in [0.3, 0.4) is 0 Å². The van der Waals surface area contributed by atoms with E-state index in [1.807, 2.05) is 32.9 Å². The Balaban J connectivity index is 2.45. The Bertz CT molecular complexity index is 882. The van der Waals surface area contributed by atoms with Crippen LogP contribution < -0.4 is 5.32 Å². The maximum atomic E-state index is 12.6. The number of carbonyl (C=O) groups excluding carboxylic acids is 1. The molecule has 1 N–H and O–H groups in total. The van der Waals surface area contributed by atoms with E-state index in [1.165, 1.54) is 6.33 Å². The predicted molar refractivity (Wildman–Crippen MR) is 123 cm³/mol. The summed E-state index contributed by atoms with van der Waals surface area (Å²) in [5.74, 6) is -0.378. The molecular weight excluding hydrogens is 376 g/mol. The average Bonchev–Trinajstić information content (AvgIpc) is 2.72. The van der Waals surface area contributed by atoms with Crippen molar-refractivity contribution in [3.8, 4) is 0 Å². The predicted octanol–water partition coefficient (Wildman–Crippen LogP) is 5.73. The summed E-state index contributed by atoms with van der Waals surface area (Å²) in [5.41, 5.74) is 2.03. The zero-order valence-electron chi connectivity index (χ0n) is 18.6. The molecule has 0 bridgehead atoms. The van der Waals surface area contributed by atoms with E-state index in [1.54, 1.807) is 30.7 Å². The maximum Gasteiger partial charge on any atom is 0.338 e. The Kier molecular flexibility index (Phi) is 7.86. The number of hydrogen-bond acceptors (Lipinski definition) is 6. The van der Waals surface area contributed by atoms with E-state index in [-0.39, 0.29) is 11.5 Å². The van der Waals surface area contributed by atoms with E-state index in [0.29, 0.717) is 11.3 Å². The average molecular weight is 409 g/mol. The van der Waals surface area contributed by atoms with Crippen LogP contribution >= 0.6 is 0 Å². The fourth-order valence-corrected chi connectivity index (χ4v) is 3.06. The molecule has 160 valence electrons. The largest absolute Gasteiger partial charge is 0.456 e. The summed E-state index contributed by atoms with van der Waals surface area (Å²) in [6.07, 6.45) is 11.1. The molecule has 6 nitrogen and oxygen atoms in total. The van der Waals surface area contributed by atoms with Gasteiger partial charge in [0.1, 0.15) is 11.9 Å². The van der Waals surface area contributed by atoms with Crippen molar-refractivity contribution in [2.24, 2.45) is 4.99 Å². The van der Waals surface area contributed by atoms with E-state index in [4.69, 9.17) is 4.74 Å². The number of ether oxygens (including phenoxy) is 1. The highest BCUT2D eigenvalue weighted by atomic mass is 16.6. The summed E-state index contributed by atoms with van der Waals surface area (Å²) in [4.78, 5) is 25.2. The summed E-state index contributed by atoms with van der Waals surface area (Å²) in [5, 5.41) is 3.64. The maximum absolute atomic E-state index is 12.6. The molecule has 0 unspecified atom stereocenters. The number of nitrogens with zero attached hydrogens (tertiary/aromatic N) is 3. The molecule has 0 fully saturated rings. The molecule has 0 saturated heterocycles.